The Balaban J connectivity index is 1.82. The Kier molecular flexibility index (Phi) is 4.10. The summed E-state index contributed by atoms with van der Waals surface area (Å²) in [6.45, 7) is 8.04. The van der Waals surface area contributed by atoms with E-state index in [2.05, 4.69) is 35.4 Å². The zero-order chi connectivity index (χ0) is 14.9. The smallest absolute Gasteiger partial charge is 0.0534 e. The third kappa shape index (κ3) is 2.76. The van der Waals surface area contributed by atoms with Crippen molar-refractivity contribution in [2.45, 2.75) is 70.0 Å². The van der Waals surface area contributed by atoms with Gasteiger partial charge in [-0.1, -0.05) is 26.7 Å². The van der Waals surface area contributed by atoms with Crippen molar-refractivity contribution in [1.82, 2.24) is 20.0 Å². The molecular formula is C17H30N4. The van der Waals surface area contributed by atoms with E-state index in [0.717, 1.165) is 13.1 Å². The van der Waals surface area contributed by atoms with Crippen molar-refractivity contribution < 1.29 is 0 Å². The molecule has 21 heavy (non-hydrogen) atoms. The van der Waals surface area contributed by atoms with Crippen molar-refractivity contribution in [3.05, 3.63) is 18.0 Å². The molecule has 3 rings (SSSR count). The molecule has 1 spiro atoms. The molecule has 0 bridgehead atoms. The van der Waals surface area contributed by atoms with Crippen molar-refractivity contribution in [2.24, 2.45) is 7.05 Å². The highest BCUT2D eigenvalue weighted by molar-refractivity contribution is 5.11. The molecule has 1 aliphatic heterocycles. The van der Waals surface area contributed by atoms with Crippen LogP contribution in [0.5, 0.6) is 0 Å². The van der Waals surface area contributed by atoms with Crippen LogP contribution in [0.15, 0.2) is 12.4 Å². The molecule has 0 amide bonds. The first-order valence-corrected chi connectivity index (χ1v) is 8.59. The first-order valence-electron chi connectivity index (χ1n) is 8.59. The standard InChI is InChI=1S/C17H30N4/c1-4-16(5-2)14-21(12-15-10-19-20(3)11-15)17(13-18-16)8-6-7-9-17/h10-11,18H,4-9,12-14H2,1-3H3. The van der Waals surface area contributed by atoms with Gasteiger partial charge in [0.25, 0.3) is 0 Å². The van der Waals surface area contributed by atoms with Crippen LogP contribution in [0.4, 0.5) is 0 Å². The molecule has 4 nitrogen and oxygen atoms in total. The normalized spacial score (nSPS) is 24.7. The summed E-state index contributed by atoms with van der Waals surface area (Å²) >= 11 is 0. The minimum atomic E-state index is 0.302. The van der Waals surface area contributed by atoms with Crippen molar-refractivity contribution in [3.63, 3.8) is 0 Å². The second kappa shape index (κ2) is 5.73. The average Bonchev–Trinajstić information content (AvgIpc) is 3.12. The Morgan fingerprint density at radius 2 is 1.95 bits per heavy atom. The molecule has 1 saturated heterocycles. The molecular weight excluding hydrogens is 260 g/mol. The fourth-order valence-electron chi connectivity index (χ4n) is 4.30. The van der Waals surface area contributed by atoms with Crippen LogP contribution in [0, 0.1) is 0 Å². The summed E-state index contributed by atoms with van der Waals surface area (Å²) in [6, 6.07) is 0. The molecule has 0 aromatic carbocycles. The Bertz CT molecular complexity index is 469. The van der Waals surface area contributed by atoms with Gasteiger partial charge in [-0.25, -0.2) is 0 Å². The van der Waals surface area contributed by atoms with Crippen LogP contribution in [0.2, 0.25) is 0 Å². The molecule has 118 valence electrons. The first-order chi connectivity index (χ1) is 10.1. The van der Waals surface area contributed by atoms with E-state index in [1.54, 1.807) is 0 Å². The highest BCUT2D eigenvalue weighted by atomic mass is 15.3. The fourth-order valence-corrected chi connectivity index (χ4v) is 4.30. The summed E-state index contributed by atoms with van der Waals surface area (Å²) in [5.74, 6) is 0. The Morgan fingerprint density at radius 3 is 2.52 bits per heavy atom. The lowest BCUT2D eigenvalue weighted by atomic mass is 9.82. The molecule has 2 fully saturated rings. The van der Waals surface area contributed by atoms with Crippen molar-refractivity contribution in [2.75, 3.05) is 13.1 Å². The van der Waals surface area contributed by atoms with Gasteiger partial charge in [0.2, 0.25) is 0 Å². The van der Waals surface area contributed by atoms with Gasteiger partial charge in [0.1, 0.15) is 0 Å². The lowest BCUT2D eigenvalue weighted by molar-refractivity contribution is -0.00213. The lowest BCUT2D eigenvalue weighted by Gasteiger charge is -2.53. The number of aryl methyl sites for hydroxylation is 1. The van der Waals surface area contributed by atoms with E-state index < -0.39 is 0 Å². The van der Waals surface area contributed by atoms with E-state index in [1.807, 2.05) is 17.9 Å². The summed E-state index contributed by atoms with van der Waals surface area (Å²) in [5.41, 5.74) is 2.05. The SMILES string of the molecule is CCC1(CC)CN(Cc2cnn(C)c2)C2(CCCC2)CN1. The monoisotopic (exact) mass is 290 g/mol. The van der Waals surface area contributed by atoms with Gasteiger partial charge in [0, 0.05) is 49.5 Å². The summed E-state index contributed by atoms with van der Waals surface area (Å²) < 4.78 is 1.92. The van der Waals surface area contributed by atoms with E-state index in [4.69, 9.17) is 0 Å². The highest BCUT2D eigenvalue weighted by Crippen LogP contribution is 2.40. The molecule has 2 aliphatic rings. The van der Waals surface area contributed by atoms with E-state index in [1.165, 1.54) is 50.6 Å². The molecule has 1 aliphatic carbocycles. The van der Waals surface area contributed by atoms with Crippen molar-refractivity contribution in [3.8, 4) is 0 Å². The summed E-state index contributed by atoms with van der Waals surface area (Å²) in [5, 5.41) is 8.27. The van der Waals surface area contributed by atoms with Gasteiger partial charge in [-0.05, 0) is 25.7 Å². The van der Waals surface area contributed by atoms with Crippen LogP contribution in [0.25, 0.3) is 0 Å². The summed E-state index contributed by atoms with van der Waals surface area (Å²) in [7, 11) is 2.01. The van der Waals surface area contributed by atoms with Crippen LogP contribution in [-0.4, -0.2) is 38.8 Å². The second-order valence-corrected chi connectivity index (χ2v) is 7.15. The topological polar surface area (TPSA) is 33.1 Å². The zero-order valence-electron chi connectivity index (χ0n) is 13.9. The maximum absolute atomic E-state index is 4.35. The molecule has 0 unspecified atom stereocenters. The molecule has 1 N–H and O–H groups in total. The van der Waals surface area contributed by atoms with E-state index >= 15 is 0 Å². The number of hydrogen-bond acceptors (Lipinski definition) is 3. The minimum absolute atomic E-state index is 0.302. The maximum Gasteiger partial charge on any atom is 0.0534 e. The quantitative estimate of drug-likeness (QED) is 0.925. The highest BCUT2D eigenvalue weighted by Gasteiger charge is 2.47. The maximum atomic E-state index is 4.35. The second-order valence-electron chi connectivity index (χ2n) is 7.15. The third-order valence-corrected chi connectivity index (χ3v) is 5.98. The Hall–Kier alpha value is -0.870. The van der Waals surface area contributed by atoms with Gasteiger partial charge in [0.15, 0.2) is 0 Å². The predicted molar refractivity (Wildman–Crippen MR) is 86.1 cm³/mol. The van der Waals surface area contributed by atoms with Gasteiger partial charge in [0.05, 0.1) is 6.20 Å². The largest absolute Gasteiger partial charge is 0.308 e. The van der Waals surface area contributed by atoms with E-state index in [0.29, 0.717) is 11.1 Å². The van der Waals surface area contributed by atoms with Gasteiger partial charge in [-0.2, -0.15) is 5.10 Å². The van der Waals surface area contributed by atoms with Crippen LogP contribution in [0.3, 0.4) is 0 Å². The molecule has 0 atom stereocenters. The van der Waals surface area contributed by atoms with Crippen LogP contribution in [-0.2, 0) is 13.6 Å². The first kappa shape index (κ1) is 15.0. The van der Waals surface area contributed by atoms with Crippen LogP contribution in [0.1, 0.15) is 57.9 Å². The predicted octanol–water partition coefficient (Wildman–Crippen LogP) is 2.70. The van der Waals surface area contributed by atoms with Crippen molar-refractivity contribution >= 4 is 0 Å². The van der Waals surface area contributed by atoms with Crippen molar-refractivity contribution in [1.29, 1.82) is 0 Å². The third-order valence-electron chi connectivity index (χ3n) is 5.98. The van der Waals surface area contributed by atoms with Gasteiger partial charge in [-0.3, -0.25) is 9.58 Å². The molecule has 0 radical (unpaired) electrons. The van der Waals surface area contributed by atoms with Crippen LogP contribution < -0.4 is 5.32 Å². The zero-order valence-corrected chi connectivity index (χ0v) is 13.9. The molecule has 2 heterocycles. The molecule has 1 aromatic heterocycles. The molecule has 1 saturated carbocycles. The number of piperazine rings is 1. The summed E-state index contributed by atoms with van der Waals surface area (Å²) in [4.78, 5) is 2.78. The summed E-state index contributed by atoms with van der Waals surface area (Å²) in [6.07, 6.45) is 12.1. The van der Waals surface area contributed by atoms with E-state index in [-0.39, 0.29) is 0 Å². The number of rotatable bonds is 4. The van der Waals surface area contributed by atoms with E-state index in [9.17, 15) is 0 Å². The number of aromatic nitrogens is 2. The molecule has 4 heteroatoms. The lowest BCUT2D eigenvalue weighted by Crippen LogP contribution is -2.68. The molecule has 1 aromatic rings. The number of nitrogens with zero attached hydrogens (tertiary/aromatic N) is 3. The fraction of sp³-hybridized carbons (Fsp3) is 0.824. The van der Waals surface area contributed by atoms with Crippen LogP contribution >= 0.6 is 0 Å². The van der Waals surface area contributed by atoms with Gasteiger partial charge >= 0.3 is 0 Å². The minimum Gasteiger partial charge on any atom is -0.308 e. The van der Waals surface area contributed by atoms with Gasteiger partial charge in [-0.15, -0.1) is 0 Å². The van der Waals surface area contributed by atoms with Gasteiger partial charge < -0.3 is 5.32 Å². The number of hydrogen-bond donors (Lipinski definition) is 1. The number of nitrogens with one attached hydrogen (secondary N) is 1. The Labute approximate surface area is 128 Å². The Morgan fingerprint density at radius 1 is 1.24 bits per heavy atom. The average molecular weight is 290 g/mol.